The lowest BCUT2D eigenvalue weighted by atomic mass is 9.86. The number of hydrogen-bond donors (Lipinski definition) is 2. The monoisotopic (exact) mass is 415 g/mol. The molecule has 1 heterocycles. The van der Waals surface area contributed by atoms with Gasteiger partial charge < -0.3 is 15.2 Å². The van der Waals surface area contributed by atoms with Crippen LogP contribution in [0.1, 0.15) is 33.5 Å². The number of hydrogen-bond acceptors (Lipinski definition) is 5. The van der Waals surface area contributed by atoms with E-state index < -0.39 is 24.0 Å². The van der Waals surface area contributed by atoms with Crippen LogP contribution in [0, 0.1) is 0 Å². The summed E-state index contributed by atoms with van der Waals surface area (Å²) in [7, 11) is 0. The number of carbonyl (C=O) groups excluding carboxylic acids is 3. The molecule has 0 fully saturated rings. The second kappa shape index (κ2) is 8.53. The molecule has 3 aromatic rings. The van der Waals surface area contributed by atoms with Gasteiger partial charge in [-0.15, -0.1) is 0 Å². The summed E-state index contributed by atoms with van der Waals surface area (Å²) >= 11 is 0. The van der Waals surface area contributed by atoms with E-state index in [2.05, 4.69) is 5.32 Å². The van der Waals surface area contributed by atoms with Crippen LogP contribution in [0.25, 0.3) is 0 Å². The highest BCUT2D eigenvalue weighted by Crippen LogP contribution is 2.31. The Kier molecular flexibility index (Phi) is 5.64. The van der Waals surface area contributed by atoms with Crippen molar-refractivity contribution in [3.63, 3.8) is 0 Å². The largest absolute Gasteiger partial charge is 0.455 e. The number of rotatable bonds is 6. The van der Waals surface area contributed by atoms with Gasteiger partial charge in [0.1, 0.15) is 0 Å². The summed E-state index contributed by atoms with van der Waals surface area (Å²) in [5.74, 6) is -1.37. The minimum Gasteiger partial charge on any atom is -0.455 e. The van der Waals surface area contributed by atoms with E-state index in [4.69, 9.17) is 4.74 Å². The number of Topliss-reactive ketones (excluding diaryl/α,β-unsaturated/α-hetero) is 1. The Labute approximate surface area is 179 Å². The molecular formula is C25H21NO5. The molecule has 0 unspecified atom stereocenters. The third-order valence-corrected chi connectivity index (χ3v) is 5.34. The molecule has 0 radical (unpaired) electrons. The second-order valence-electron chi connectivity index (χ2n) is 7.36. The summed E-state index contributed by atoms with van der Waals surface area (Å²) in [6.07, 6.45) is 0.907. The molecule has 156 valence electrons. The van der Waals surface area contributed by atoms with E-state index in [1.54, 1.807) is 78.9 Å². The van der Waals surface area contributed by atoms with Crippen molar-refractivity contribution in [2.24, 2.45) is 0 Å². The molecule has 1 aliphatic heterocycles. The molecule has 4 rings (SSSR count). The number of ketones is 1. The quantitative estimate of drug-likeness (QED) is 0.476. The molecule has 0 aromatic heterocycles. The molecule has 6 heteroatoms. The Bertz CT molecular complexity index is 1090. The van der Waals surface area contributed by atoms with Gasteiger partial charge in [-0.3, -0.25) is 9.59 Å². The van der Waals surface area contributed by atoms with E-state index in [1.165, 1.54) is 0 Å². The molecule has 0 atom stereocenters. The molecule has 31 heavy (non-hydrogen) atoms. The first-order valence-electron chi connectivity index (χ1n) is 9.95. The van der Waals surface area contributed by atoms with Crippen molar-refractivity contribution < 1.29 is 24.2 Å². The smallest absolute Gasteiger partial charge is 0.348 e. The molecule has 2 N–H and O–H groups in total. The highest BCUT2D eigenvalue weighted by Gasteiger charge is 2.41. The Morgan fingerprint density at radius 2 is 1.52 bits per heavy atom. The maximum atomic E-state index is 13.0. The van der Waals surface area contributed by atoms with E-state index in [-0.39, 0.29) is 5.91 Å². The number of aryl methyl sites for hydroxylation is 1. The number of amides is 1. The first-order valence-corrected chi connectivity index (χ1v) is 9.95. The van der Waals surface area contributed by atoms with Gasteiger partial charge in [0, 0.05) is 17.7 Å². The maximum Gasteiger partial charge on any atom is 0.348 e. The number of aliphatic hydroxyl groups is 1. The van der Waals surface area contributed by atoms with Gasteiger partial charge in [-0.2, -0.15) is 0 Å². The van der Waals surface area contributed by atoms with E-state index in [0.717, 1.165) is 5.56 Å². The highest BCUT2D eigenvalue weighted by molar-refractivity contribution is 6.00. The van der Waals surface area contributed by atoms with Gasteiger partial charge >= 0.3 is 5.97 Å². The molecule has 0 aliphatic carbocycles. The van der Waals surface area contributed by atoms with Crippen LogP contribution in [-0.2, 0) is 26.3 Å². The molecule has 1 amide bonds. The summed E-state index contributed by atoms with van der Waals surface area (Å²) in [5, 5.41) is 14.1. The predicted molar refractivity (Wildman–Crippen MR) is 115 cm³/mol. The topological polar surface area (TPSA) is 92.7 Å². The first kappa shape index (κ1) is 20.5. The van der Waals surface area contributed by atoms with Crippen molar-refractivity contribution in [1.29, 1.82) is 0 Å². The van der Waals surface area contributed by atoms with Gasteiger partial charge in [0.25, 0.3) is 0 Å². The highest BCUT2D eigenvalue weighted by atomic mass is 16.6. The molecule has 0 spiro atoms. The number of esters is 1. The van der Waals surface area contributed by atoms with Gasteiger partial charge in [0.15, 0.2) is 12.4 Å². The average molecular weight is 415 g/mol. The zero-order chi connectivity index (χ0) is 21.8. The molecule has 0 saturated carbocycles. The summed E-state index contributed by atoms with van der Waals surface area (Å²) < 4.78 is 5.29. The summed E-state index contributed by atoms with van der Waals surface area (Å²) in [5.41, 5.74) is 0.592. The number of nitrogens with one attached hydrogen (secondary N) is 1. The van der Waals surface area contributed by atoms with Crippen LogP contribution in [0.3, 0.4) is 0 Å². The second-order valence-corrected chi connectivity index (χ2v) is 7.36. The lowest BCUT2D eigenvalue weighted by Crippen LogP contribution is -2.39. The summed E-state index contributed by atoms with van der Waals surface area (Å²) in [4.78, 5) is 37.1. The summed E-state index contributed by atoms with van der Waals surface area (Å²) in [6, 6.07) is 21.9. The fourth-order valence-corrected chi connectivity index (χ4v) is 3.64. The van der Waals surface area contributed by atoms with Crippen LogP contribution in [-0.4, -0.2) is 29.4 Å². The van der Waals surface area contributed by atoms with Gasteiger partial charge in [-0.05, 0) is 41.3 Å². The molecule has 0 saturated heterocycles. The molecule has 0 bridgehead atoms. The average Bonchev–Trinajstić information content (AvgIpc) is 2.82. The van der Waals surface area contributed by atoms with E-state index in [9.17, 15) is 19.5 Å². The Morgan fingerprint density at radius 1 is 0.903 bits per heavy atom. The number of fused-ring (bicyclic) bond motifs is 1. The number of carbonyl (C=O) groups is 3. The standard InChI is InChI=1S/C25H21NO5/c27-22(18-11-13-21-17(15-18)12-14-23(28)26-21)16-31-24(29)25(30,19-7-3-1-4-8-19)20-9-5-2-6-10-20/h1-11,13,15,30H,12,14,16H2,(H,26,28). The molecular weight excluding hydrogens is 394 g/mol. The third kappa shape index (κ3) is 4.11. The van der Waals surface area contributed by atoms with Crippen molar-refractivity contribution in [1.82, 2.24) is 0 Å². The van der Waals surface area contributed by atoms with Crippen molar-refractivity contribution in [3.8, 4) is 0 Å². The minimum absolute atomic E-state index is 0.0541. The van der Waals surface area contributed by atoms with Gasteiger partial charge in [-0.1, -0.05) is 60.7 Å². The first-order chi connectivity index (χ1) is 15.0. The van der Waals surface area contributed by atoms with Crippen molar-refractivity contribution in [3.05, 3.63) is 101 Å². The Morgan fingerprint density at radius 3 is 2.13 bits per heavy atom. The number of anilines is 1. The van der Waals surface area contributed by atoms with E-state index in [0.29, 0.717) is 35.2 Å². The SMILES string of the molecule is O=C1CCc2cc(C(=O)COC(=O)C(O)(c3ccccc3)c3ccccc3)ccc2N1. The lowest BCUT2D eigenvalue weighted by molar-refractivity contribution is -0.160. The Hall–Kier alpha value is -3.77. The molecule has 1 aliphatic rings. The van der Waals surface area contributed by atoms with Gasteiger partial charge in [-0.25, -0.2) is 4.79 Å². The Balaban J connectivity index is 1.53. The van der Waals surface area contributed by atoms with Gasteiger partial charge in [0.05, 0.1) is 0 Å². The summed E-state index contributed by atoms with van der Waals surface area (Å²) in [6.45, 7) is -0.508. The van der Waals surface area contributed by atoms with E-state index in [1.807, 2.05) is 0 Å². The zero-order valence-corrected chi connectivity index (χ0v) is 16.7. The van der Waals surface area contributed by atoms with Crippen LogP contribution in [0.15, 0.2) is 78.9 Å². The maximum absolute atomic E-state index is 13.0. The third-order valence-electron chi connectivity index (χ3n) is 5.34. The van der Waals surface area contributed by atoms with Crippen LogP contribution < -0.4 is 5.32 Å². The van der Waals surface area contributed by atoms with Gasteiger partial charge in [0.2, 0.25) is 11.5 Å². The van der Waals surface area contributed by atoms with Crippen LogP contribution in [0.5, 0.6) is 0 Å². The lowest BCUT2D eigenvalue weighted by Gasteiger charge is -2.27. The molecule has 6 nitrogen and oxygen atoms in total. The fourth-order valence-electron chi connectivity index (χ4n) is 3.64. The van der Waals surface area contributed by atoms with Crippen LogP contribution in [0.2, 0.25) is 0 Å². The normalized spacial score (nSPS) is 13.1. The van der Waals surface area contributed by atoms with Crippen molar-refractivity contribution in [2.75, 3.05) is 11.9 Å². The van der Waals surface area contributed by atoms with Crippen LogP contribution >= 0.6 is 0 Å². The molecule has 3 aromatic carbocycles. The fraction of sp³-hybridized carbons (Fsp3) is 0.160. The predicted octanol–water partition coefficient (Wildman–Crippen LogP) is 3.23. The van der Waals surface area contributed by atoms with E-state index >= 15 is 0 Å². The number of ether oxygens (including phenoxy) is 1. The number of benzene rings is 3. The zero-order valence-electron chi connectivity index (χ0n) is 16.7. The minimum atomic E-state index is -2.04. The van der Waals surface area contributed by atoms with Crippen molar-refractivity contribution >= 4 is 23.3 Å². The van der Waals surface area contributed by atoms with Crippen LogP contribution in [0.4, 0.5) is 5.69 Å². The van der Waals surface area contributed by atoms with Crippen molar-refractivity contribution in [2.45, 2.75) is 18.4 Å².